The number of aliphatic hydroxyl groups is 1. The van der Waals surface area contributed by atoms with Crippen molar-refractivity contribution in [2.75, 3.05) is 39.0 Å². The Bertz CT molecular complexity index is 3870. The van der Waals surface area contributed by atoms with Gasteiger partial charge in [-0.1, -0.05) is 88.8 Å². The molecular weight excluding hydrogens is 1530 g/mol. The number of carbonyl (C=O) groups excluding carboxylic acids is 16. The van der Waals surface area contributed by atoms with Gasteiger partial charge in [0.1, 0.15) is 72.6 Å². The van der Waals surface area contributed by atoms with Gasteiger partial charge in [0.2, 0.25) is 82.7 Å². The maximum absolute atomic E-state index is 14.9. The third-order valence-corrected chi connectivity index (χ3v) is 18.4. The Balaban J connectivity index is 1.87. The standard InChI is InChI=1S/C73H105N17O26/c1-6-7-8-9-10-11-12-23-54(94)82-45(26-39-32-77-43-21-16-14-18-40(39)43)67(109)85-46(28-53(75)93)68(110)87-49(31-60(103)104)69(111)90-62-38(4)116-73(115)50(27-52(92)41-19-13-15-20-42(41)74)88-72(114)61(36(2)25-57(97)98)89-70(112)51(35-91)83-56(96)33-78-64(106)47(29-58(99)100)84-63(105)37(3)80-66(108)48(30-59(101)102)86-65(107)44(22-17-24-76-5)81-55(95)34-79-71(62)113/h13-16,18-21,32,36-38,40,43-51,61-62,76-77,91H,6-12,17,22-31,33-35,74H2,1-5H3,(H2,75,93)(H,78,106)(H,79,113)(H,80,108)(H,81,95)(H,82,94)(H,83,96)(H,84,105)(H,85,109)(H,86,107)(H,87,110)(H,88,114)(H,89,112)(H,90,111)(H,97,98)(H,99,100)(H,101,102)(H,103,104). The Morgan fingerprint density at radius 2 is 1.12 bits per heavy atom. The molecule has 1 aliphatic carbocycles. The maximum atomic E-state index is 14.9. The molecule has 15 atom stereocenters. The van der Waals surface area contributed by atoms with Gasteiger partial charge in [0.15, 0.2) is 5.78 Å². The van der Waals surface area contributed by atoms with Crippen molar-refractivity contribution in [1.29, 1.82) is 0 Å². The summed E-state index contributed by atoms with van der Waals surface area (Å²) in [5.41, 5.74) is 11.9. The Morgan fingerprint density at radius 1 is 0.569 bits per heavy atom. The molecule has 4 rings (SSSR count). The number of nitrogen functional groups attached to an aromatic ring is 1. The van der Waals surface area contributed by atoms with Gasteiger partial charge < -0.3 is 121 Å². The van der Waals surface area contributed by atoms with Gasteiger partial charge in [-0.25, -0.2) is 4.79 Å². The molecule has 0 spiro atoms. The monoisotopic (exact) mass is 1640 g/mol. The lowest BCUT2D eigenvalue weighted by atomic mass is 9.87. The molecule has 638 valence electrons. The summed E-state index contributed by atoms with van der Waals surface area (Å²) in [6.45, 7) is 1.50. The van der Waals surface area contributed by atoms with Gasteiger partial charge in [0.05, 0.1) is 57.8 Å². The highest BCUT2D eigenvalue weighted by molar-refractivity contribution is 6.05. The number of aliphatic carboxylic acids is 4. The third kappa shape index (κ3) is 32.9. The number of esters is 1. The summed E-state index contributed by atoms with van der Waals surface area (Å²) in [5, 5.41) is 84.4. The Morgan fingerprint density at radius 3 is 1.72 bits per heavy atom. The predicted octanol–water partition coefficient (Wildman–Crippen LogP) is -6.10. The van der Waals surface area contributed by atoms with E-state index in [1.54, 1.807) is 18.4 Å². The van der Waals surface area contributed by atoms with E-state index in [9.17, 15) is 121 Å². The second-order valence-corrected chi connectivity index (χ2v) is 27.9. The van der Waals surface area contributed by atoms with Crippen molar-refractivity contribution >= 4 is 124 Å². The first-order valence-corrected chi connectivity index (χ1v) is 37.5. The van der Waals surface area contributed by atoms with E-state index in [1.165, 1.54) is 31.3 Å². The number of anilines is 1. The maximum Gasteiger partial charge on any atom is 0.329 e. The molecule has 3 aliphatic rings. The first-order chi connectivity index (χ1) is 54.9. The number of ketones is 1. The fourth-order valence-electron chi connectivity index (χ4n) is 12.2. The van der Waals surface area contributed by atoms with Crippen molar-refractivity contribution in [1.82, 2.24) is 79.8 Å². The van der Waals surface area contributed by atoms with E-state index in [0.717, 1.165) is 52.9 Å². The molecule has 1 fully saturated rings. The molecule has 0 aromatic heterocycles. The number of para-hydroxylation sites is 1. The van der Waals surface area contributed by atoms with Crippen molar-refractivity contribution < 1.29 is 126 Å². The summed E-state index contributed by atoms with van der Waals surface area (Å²) < 4.78 is 5.70. The van der Waals surface area contributed by atoms with E-state index in [4.69, 9.17) is 16.2 Å². The minimum Gasteiger partial charge on any atom is -0.481 e. The number of fused-ring (bicyclic) bond motifs is 1. The van der Waals surface area contributed by atoms with E-state index in [0.29, 0.717) is 18.4 Å². The quantitative estimate of drug-likeness (QED) is 0.0129. The molecule has 2 aliphatic heterocycles. The lowest BCUT2D eigenvalue weighted by molar-refractivity contribution is -0.156. The van der Waals surface area contributed by atoms with Crippen molar-refractivity contribution in [3.63, 3.8) is 0 Å². The molecule has 116 heavy (non-hydrogen) atoms. The number of carboxylic acids is 4. The lowest BCUT2D eigenvalue weighted by Crippen LogP contribution is -2.61. The number of primary amides is 1. The number of carbonyl (C=O) groups is 20. The number of Topliss-reactive ketones (excluding diaryl/α,β-unsaturated/α-hetero) is 1. The summed E-state index contributed by atoms with van der Waals surface area (Å²) in [4.78, 5) is 274. The first-order valence-electron chi connectivity index (χ1n) is 37.5. The fourth-order valence-corrected chi connectivity index (χ4v) is 12.2. The Kier molecular flexibility index (Phi) is 40.2. The van der Waals surface area contributed by atoms with Crippen LogP contribution in [0, 0.1) is 11.8 Å². The Hall–Kier alpha value is -12.4. The zero-order chi connectivity index (χ0) is 86.5. The lowest BCUT2D eigenvalue weighted by Gasteiger charge is -2.30. The van der Waals surface area contributed by atoms with Crippen LogP contribution in [-0.2, 0) is 95.8 Å². The van der Waals surface area contributed by atoms with Crippen LogP contribution in [-0.4, -0.2) is 256 Å². The molecule has 15 unspecified atom stereocenters. The molecule has 43 heteroatoms. The number of carboxylic acid groups (broad SMARTS) is 4. The second kappa shape index (κ2) is 48.6. The molecule has 24 N–H and O–H groups in total. The number of hydrogen-bond donors (Lipinski definition) is 22. The van der Waals surface area contributed by atoms with Crippen molar-refractivity contribution in [3.8, 4) is 0 Å². The molecule has 0 saturated carbocycles. The molecule has 1 aromatic carbocycles. The van der Waals surface area contributed by atoms with Gasteiger partial charge in [-0.15, -0.1) is 0 Å². The number of aliphatic hydroxyl groups excluding tert-OH is 1. The molecule has 1 saturated heterocycles. The summed E-state index contributed by atoms with van der Waals surface area (Å²) in [6, 6.07) is -17.5. The molecule has 0 bridgehead atoms. The normalized spacial score (nSPS) is 23.2. The van der Waals surface area contributed by atoms with Crippen molar-refractivity contribution in [3.05, 3.63) is 65.9 Å². The van der Waals surface area contributed by atoms with E-state index in [2.05, 4.69) is 70.7 Å². The first kappa shape index (κ1) is 95.9. The van der Waals surface area contributed by atoms with E-state index >= 15 is 0 Å². The summed E-state index contributed by atoms with van der Waals surface area (Å²) in [6.07, 6.45) is 5.44. The highest BCUT2D eigenvalue weighted by Gasteiger charge is 2.42. The number of hydrogen-bond acceptors (Lipinski definition) is 25. The van der Waals surface area contributed by atoms with Crippen LogP contribution in [0.3, 0.4) is 0 Å². The van der Waals surface area contributed by atoms with Crippen LogP contribution in [0.15, 0.2) is 60.3 Å². The molecule has 14 amide bonds. The fraction of sp³-hybridized carbons (Fsp3) is 0.562. The average Bonchev–Trinajstić information content (AvgIpc) is 1.69. The number of cyclic esters (lactones) is 1. The van der Waals surface area contributed by atoms with Gasteiger partial charge in [0.25, 0.3) is 0 Å². The minimum atomic E-state index is -2.44. The SMILES string of the molecule is CCCCCCCCCC(=O)NC(CC1=CNC2C=CC=CC12)C(=O)NC(CC(N)=O)C(=O)NC(CC(=O)O)C(=O)NC1C(=O)NCC(=O)NC(CCCNC)C(=O)NC(CC(=O)O)C(=O)NC(C)C(=O)NC(CC(=O)O)C(=O)NCC(=O)NC(CO)C(=O)NC(C(C)CC(=O)O)C(=O)NC(CC(=O)c2ccccc2N)C(=O)OC1C. The summed E-state index contributed by atoms with van der Waals surface area (Å²) >= 11 is 0. The second-order valence-electron chi connectivity index (χ2n) is 27.9. The highest BCUT2D eigenvalue weighted by Crippen LogP contribution is 2.30. The molecule has 0 radical (unpaired) electrons. The number of benzene rings is 1. The topological polar surface area (TPSA) is 684 Å². The number of nitrogens with one attached hydrogen (secondary N) is 15. The smallest absolute Gasteiger partial charge is 0.329 e. The Labute approximate surface area is 665 Å². The van der Waals surface area contributed by atoms with Crippen LogP contribution in [0.4, 0.5) is 5.69 Å². The molecule has 1 aromatic rings. The van der Waals surface area contributed by atoms with Crippen LogP contribution >= 0.6 is 0 Å². The zero-order valence-electron chi connectivity index (χ0n) is 64.7. The van der Waals surface area contributed by atoms with E-state index in [1.807, 2.05) is 28.1 Å². The van der Waals surface area contributed by atoms with Crippen LogP contribution in [0.2, 0.25) is 0 Å². The molecule has 2 heterocycles. The summed E-state index contributed by atoms with van der Waals surface area (Å²) in [7, 11) is 1.51. The van der Waals surface area contributed by atoms with Crippen LogP contribution in [0.1, 0.15) is 147 Å². The zero-order valence-corrected chi connectivity index (χ0v) is 64.7. The van der Waals surface area contributed by atoms with Gasteiger partial charge in [-0.2, -0.15) is 0 Å². The van der Waals surface area contributed by atoms with Gasteiger partial charge in [-0.3, -0.25) is 91.1 Å². The average molecular weight is 1640 g/mol. The predicted molar refractivity (Wildman–Crippen MR) is 405 cm³/mol. The molecular formula is C73H105N17O26. The van der Waals surface area contributed by atoms with E-state index in [-0.39, 0.29) is 55.4 Å². The molecule has 43 nitrogen and oxygen atoms in total. The number of ether oxygens (including phenoxy) is 1. The van der Waals surface area contributed by atoms with Gasteiger partial charge in [0, 0.05) is 30.0 Å². The third-order valence-electron chi connectivity index (χ3n) is 18.4. The number of rotatable bonds is 36. The number of allylic oxidation sites excluding steroid dienone is 2. The number of unbranched alkanes of at least 4 members (excludes halogenated alkanes) is 6. The largest absolute Gasteiger partial charge is 0.481 e. The van der Waals surface area contributed by atoms with Crippen LogP contribution < -0.4 is 91.2 Å². The highest BCUT2D eigenvalue weighted by atomic mass is 16.5. The minimum absolute atomic E-state index is 0.00462. The van der Waals surface area contributed by atoms with Crippen LogP contribution in [0.5, 0.6) is 0 Å². The van der Waals surface area contributed by atoms with E-state index < -0.39 is 255 Å². The van der Waals surface area contributed by atoms with Gasteiger partial charge in [-0.05, 0) is 82.9 Å². The van der Waals surface area contributed by atoms with Crippen molar-refractivity contribution in [2.45, 2.75) is 215 Å². The number of nitrogens with two attached hydrogens (primary N) is 2. The van der Waals surface area contributed by atoms with Crippen LogP contribution in [0.25, 0.3) is 0 Å². The van der Waals surface area contributed by atoms with Crippen molar-refractivity contribution in [2.24, 2.45) is 17.6 Å². The summed E-state index contributed by atoms with van der Waals surface area (Å²) in [5.74, 6) is -29.8. The number of amides is 14. The van der Waals surface area contributed by atoms with Gasteiger partial charge >= 0.3 is 29.8 Å².